The summed E-state index contributed by atoms with van der Waals surface area (Å²) in [4.78, 5) is 23.8. The number of piperidine rings is 1. The maximum absolute atomic E-state index is 13.3. The number of carbonyl (C=O) groups is 1. The average molecular weight is 284 g/mol. The third-order valence-corrected chi connectivity index (χ3v) is 3.53. The van der Waals surface area contributed by atoms with Crippen LogP contribution in [0.1, 0.15) is 36.5 Å². The van der Waals surface area contributed by atoms with Crippen LogP contribution in [0.4, 0.5) is 14.5 Å². The molecule has 1 atom stereocenters. The van der Waals surface area contributed by atoms with E-state index in [-0.39, 0.29) is 6.04 Å². The lowest BCUT2D eigenvalue weighted by molar-refractivity contribution is -0.385. The number of likely N-dealkylation sites (tertiary alicyclic amines) is 1. The van der Waals surface area contributed by atoms with Gasteiger partial charge in [0.05, 0.1) is 11.0 Å². The molecule has 1 unspecified atom stereocenters. The number of nitro benzene ring substituents is 1. The first-order valence-corrected chi connectivity index (χ1v) is 6.36. The molecule has 1 aromatic rings. The number of hydrogen-bond acceptors (Lipinski definition) is 3. The summed E-state index contributed by atoms with van der Waals surface area (Å²) in [6.07, 6.45) is 2.57. The molecule has 1 heterocycles. The predicted molar refractivity (Wildman–Crippen MR) is 67.4 cm³/mol. The first-order valence-electron chi connectivity index (χ1n) is 6.36. The lowest BCUT2D eigenvalue weighted by Gasteiger charge is -2.33. The molecule has 0 N–H and O–H groups in total. The highest BCUT2D eigenvalue weighted by atomic mass is 19.2. The molecule has 0 aromatic heterocycles. The number of amides is 1. The normalized spacial score (nSPS) is 18.9. The summed E-state index contributed by atoms with van der Waals surface area (Å²) < 4.78 is 26.4. The van der Waals surface area contributed by atoms with Gasteiger partial charge in [-0.1, -0.05) is 0 Å². The summed E-state index contributed by atoms with van der Waals surface area (Å²) in [7, 11) is 0. The zero-order chi connectivity index (χ0) is 14.9. The molecule has 1 aliphatic rings. The zero-order valence-electron chi connectivity index (χ0n) is 10.9. The van der Waals surface area contributed by atoms with Crippen molar-refractivity contribution >= 4 is 11.6 Å². The molecule has 1 fully saturated rings. The van der Waals surface area contributed by atoms with Gasteiger partial charge < -0.3 is 4.90 Å². The van der Waals surface area contributed by atoms with E-state index in [9.17, 15) is 23.7 Å². The largest absolute Gasteiger partial charge is 0.336 e. The molecule has 1 saturated heterocycles. The Morgan fingerprint density at radius 2 is 2.00 bits per heavy atom. The third-order valence-electron chi connectivity index (χ3n) is 3.53. The van der Waals surface area contributed by atoms with Crippen LogP contribution in [0.2, 0.25) is 0 Å². The molecular weight excluding hydrogens is 270 g/mol. The van der Waals surface area contributed by atoms with E-state index in [1.165, 1.54) is 4.90 Å². The molecule has 108 valence electrons. The summed E-state index contributed by atoms with van der Waals surface area (Å²) in [5.41, 5.74) is -1.10. The van der Waals surface area contributed by atoms with E-state index >= 15 is 0 Å². The predicted octanol–water partition coefficient (Wildman–Crippen LogP) is 2.89. The molecule has 1 aromatic carbocycles. The molecule has 0 saturated carbocycles. The lowest BCUT2D eigenvalue weighted by atomic mass is 10.0. The molecule has 0 spiro atoms. The van der Waals surface area contributed by atoms with Crippen LogP contribution in [-0.4, -0.2) is 28.3 Å². The van der Waals surface area contributed by atoms with Crippen molar-refractivity contribution in [2.75, 3.05) is 6.54 Å². The lowest BCUT2D eigenvalue weighted by Crippen LogP contribution is -2.42. The Kier molecular flexibility index (Phi) is 3.96. The SMILES string of the molecule is CC1CCCCN1C(=O)c1cc(F)c(F)cc1[N+](=O)[O-]. The van der Waals surface area contributed by atoms with Gasteiger partial charge in [0, 0.05) is 12.6 Å². The Bertz CT molecular complexity index is 563. The van der Waals surface area contributed by atoms with Gasteiger partial charge in [0.2, 0.25) is 0 Å². The molecule has 2 rings (SSSR count). The van der Waals surface area contributed by atoms with Crippen molar-refractivity contribution in [2.24, 2.45) is 0 Å². The van der Waals surface area contributed by atoms with Gasteiger partial charge in [0.1, 0.15) is 5.56 Å². The van der Waals surface area contributed by atoms with Crippen LogP contribution >= 0.6 is 0 Å². The fourth-order valence-corrected chi connectivity index (χ4v) is 2.41. The fourth-order valence-electron chi connectivity index (χ4n) is 2.41. The first kappa shape index (κ1) is 14.4. The number of benzene rings is 1. The smallest absolute Gasteiger partial charge is 0.285 e. The van der Waals surface area contributed by atoms with Gasteiger partial charge in [-0.2, -0.15) is 0 Å². The van der Waals surface area contributed by atoms with Crippen LogP contribution in [0.15, 0.2) is 12.1 Å². The maximum Gasteiger partial charge on any atom is 0.285 e. The third kappa shape index (κ3) is 2.61. The molecule has 7 heteroatoms. The molecule has 5 nitrogen and oxygen atoms in total. The highest BCUT2D eigenvalue weighted by molar-refractivity contribution is 5.98. The standard InChI is InChI=1S/C13H14F2N2O3/c1-8-4-2-3-5-16(8)13(18)9-6-10(14)11(15)7-12(9)17(19)20/h6-8H,2-5H2,1H3. The number of hydrogen-bond donors (Lipinski definition) is 0. The molecule has 20 heavy (non-hydrogen) atoms. The van der Waals surface area contributed by atoms with Gasteiger partial charge in [0.25, 0.3) is 11.6 Å². The summed E-state index contributed by atoms with van der Waals surface area (Å²) in [5.74, 6) is -3.22. The van der Waals surface area contributed by atoms with Gasteiger partial charge in [-0.3, -0.25) is 14.9 Å². The quantitative estimate of drug-likeness (QED) is 0.619. The van der Waals surface area contributed by atoms with Crippen LogP contribution in [0, 0.1) is 21.7 Å². The Labute approximate surface area is 114 Å². The van der Waals surface area contributed by atoms with E-state index in [0.717, 1.165) is 19.3 Å². The molecule has 1 aliphatic heterocycles. The minimum atomic E-state index is -1.33. The van der Waals surface area contributed by atoms with Crippen molar-refractivity contribution in [2.45, 2.75) is 32.2 Å². The maximum atomic E-state index is 13.3. The van der Waals surface area contributed by atoms with Crippen molar-refractivity contribution in [1.29, 1.82) is 0 Å². The number of nitro groups is 1. The number of halogens is 2. The van der Waals surface area contributed by atoms with E-state index in [1.807, 2.05) is 6.92 Å². The fraction of sp³-hybridized carbons (Fsp3) is 0.462. The van der Waals surface area contributed by atoms with Crippen molar-refractivity contribution in [1.82, 2.24) is 4.90 Å². The van der Waals surface area contributed by atoms with Crippen LogP contribution in [-0.2, 0) is 0 Å². The molecule has 1 amide bonds. The summed E-state index contributed by atoms with van der Waals surface area (Å²) in [6, 6.07) is 0.998. The van der Waals surface area contributed by atoms with Crippen LogP contribution in [0.3, 0.4) is 0 Å². The molecular formula is C13H14F2N2O3. The topological polar surface area (TPSA) is 63.5 Å². The van der Waals surface area contributed by atoms with Crippen molar-refractivity contribution in [3.63, 3.8) is 0 Å². The van der Waals surface area contributed by atoms with Crippen molar-refractivity contribution in [3.05, 3.63) is 39.4 Å². The Morgan fingerprint density at radius 1 is 1.35 bits per heavy atom. The van der Waals surface area contributed by atoms with Crippen molar-refractivity contribution < 1.29 is 18.5 Å². The molecule has 0 radical (unpaired) electrons. The van der Waals surface area contributed by atoms with Crippen LogP contribution in [0.5, 0.6) is 0 Å². The Balaban J connectivity index is 2.42. The molecule has 0 bridgehead atoms. The minimum absolute atomic E-state index is 0.0658. The van der Waals surface area contributed by atoms with E-state index in [4.69, 9.17) is 0 Å². The van der Waals surface area contributed by atoms with Crippen LogP contribution < -0.4 is 0 Å². The highest BCUT2D eigenvalue weighted by Crippen LogP contribution is 2.26. The van der Waals surface area contributed by atoms with E-state index in [1.54, 1.807) is 0 Å². The highest BCUT2D eigenvalue weighted by Gasteiger charge is 2.30. The minimum Gasteiger partial charge on any atom is -0.336 e. The summed E-state index contributed by atoms with van der Waals surface area (Å²) >= 11 is 0. The van der Waals surface area contributed by atoms with E-state index in [2.05, 4.69) is 0 Å². The van der Waals surface area contributed by atoms with E-state index < -0.39 is 33.7 Å². The summed E-state index contributed by atoms with van der Waals surface area (Å²) in [6.45, 7) is 2.30. The zero-order valence-corrected chi connectivity index (χ0v) is 10.9. The second kappa shape index (κ2) is 5.52. The summed E-state index contributed by atoms with van der Waals surface area (Å²) in [5, 5.41) is 10.9. The second-order valence-corrected chi connectivity index (χ2v) is 4.88. The number of nitrogens with zero attached hydrogens (tertiary/aromatic N) is 2. The van der Waals surface area contributed by atoms with Crippen LogP contribution in [0.25, 0.3) is 0 Å². The number of carbonyl (C=O) groups excluding carboxylic acids is 1. The van der Waals surface area contributed by atoms with Gasteiger partial charge >= 0.3 is 0 Å². The van der Waals surface area contributed by atoms with Gasteiger partial charge in [0.15, 0.2) is 11.6 Å². The van der Waals surface area contributed by atoms with Crippen molar-refractivity contribution in [3.8, 4) is 0 Å². The van der Waals surface area contributed by atoms with E-state index in [0.29, 0.717) is 18.7 Å². The number of rotatable bonds is 2. The second-order valence-electron chi connectivity index (χ2n) is 4.88. The first-order chi connectivity index (χ1) is 9.41. The Hall–Kier alpha value is -2.05. The van der Waals surface area contributed by atoms with Gasteiger partial charge in [-0.05, 0) is 32.3 Å². The molecule has 0 aliphatic carbocycles. The van der Waals surface area contributed by atoms with Gasteiger partial charge in [-0.25, -0.2) is 8.78 Å². The van der Waals surface area contributed by atoms with Gasteiger partial charge in [-0.15, -0.1) is 0 Å². The Morgan fingerprint density at radius 3 is 2.60 bits per heavy atom. The average Bonchev–Trinajstić information content (AvgIpc) is 2.41. The monoisotopic (exact) mass is 284 g/mol.